The summed E-state index contributed by atoms with van der Waals surface area (Å²) in [6.45, 7) is -0.0364. The molecule has 38 heavy (non-hydrogen) atoms. The van der Waals surface area contributed by atoms with E-state index in [-0.39, 0.29) is 22.8 Å². The van der Waals surface area contributed by atoms with Gasteiger partial charge in [-0.15, -0.1) is 0 Å². The van der Waals surface area contributed by atoms with Crippen LogP contribution in [0.1, 0.15) is 22.8 Å². The standard InChI is InChI=1S/C28H28ClNO8/c1-35-18-12-11-17(23(15-18)37-3)16-30(24(31)13-14-25(32)33)21-9-6-8-20(29)26(21)27(34)19-7-5-10-22(36-2)28(19)38-4/h5-15,27,34H,16H2,1-4H3,(H,32,33). The van der Waals surface area contributed by atoms with Gasteiger partial charge in [0.25, 0.3) is 5.91 Å². The molecule has 0 radical (unpaired) electrons. The van der Waals surface area contributed by atoms with E-state index in [1.165, 1.54) is 33.3 Å². The number of ether oxygens (including phenoxy) is 4. The number of para-hydroxylation sites is 1. The Labute approximate surface area is 225 Å². The highest BCUT2D eigenvalue weighted by Gasteiger charge is 2.28. The predicted octanol–water partition coefficient (Wildman–Crippen LogP) is 4.63. The van der Waals surface area contributed by atoms with E-state index in [1.807, 2.05) is 0 Å². The molecule has 1 atom stereocenters. The third kappa shape index (κ3) is 6.19. The molecule has 10 heteroatoms. The topological polar surface area (TPSA) is 115 Å². The molecule has 0 aliphatic carbocycles. The van der Waals surface area contributed by atoms with Crippen molar-refractivity contribution in [3.8, 4) is 23.0 Å². The van der Waals surface area contributed by atoms with Crippen molar-refractivity contribution in [2.45, 2.75) is 12.6 Å². The molecule has 1 amide bonds. The summed E-state index contributed by atoms with van der Waals surface area (Å²) in [6, 6.07) is 15.0. The molecule has 3 rings (SSSR count). The van der Waals surface area contributed by atoms with E-state index >= 15 is 0 Å². The van der Waals surface area contributed by atoms with Crippen molar-refractivity contribution in [3.63, 3.8) is 0 Å². The van der Waals surface area contributed by atoms with Crippen LogP contribution in [-0.4, -0.2) is 50.5 Å². The van der Waals surface area contributed by atoms with E-state index in [0.717, 1.165) is 12.2 Å². The van der Waals surface area contributed by atoms with Gasteiger partial charge in [-0.25, -0.2) is 4.79 Å². The normalized spacial score (nSPS) is 11.6. The number of anilines is 1. The Hall–Kier alpha value is -4.21. The average molecular weight is 542 g/mol. The number of carbonyl (C=O) groups is 2. The Kier molecular flexibility index (Phi) is 9.59. The number of aliphatic hydroxyl groups excluding tert-OH is 1. The number of hydrogen-bond donors (Lipinski definition) is 2. The molecule has 0 aromatic heterocycles. The molecular formula is C28H28ClNO8. The first kappa shape index (κ1) is 28.4. The van der Waals surface area contributed by atoms with E-state index < -0.39 is 18.0 Å². The number of halogens is 1. The highest BCUT2D eigenvalue weighted by Crippen LogP contribution is 2.43. The van der Waals surface area contributed by atoms with Crippen LogP contribution in [0.25, 0.3) is 0 Å². The molecule has 0 fully saturated rings. The minimum absolute atomic E-state index is 0.0364. The second-order valence-electron chi connectivity index (χ2n) is 7.93. The summed E-state index contributed by atoms with van der Waals surface area (Å²) in [5.41, 5.74) is 1.43. The zero-order valence-corrected chi connectivity index (χ0v) is 22.1. The number of carbonyl (C=O) groups excluding carboxylic acids is 1. The summed E-state index contributed by atoms with van der Waals surface area (Å²) >= 11 is 6.60. The smallest absolute Gasteiger partial charge is 0.328 e. The van der Waals surface area contributed by atoms with Gasteiger partial charge < -0.3 is 34.1 Å². The Balaban J connectivity index is 2.20. The number of amides is 1. The molecule has 3 aromatic rings. The van der Waals surface area contributed by atoms with Gasteiger partial charge in [0.1, 0.15) is 17.6 Å². The summed E-state index contributed by atoms with van der Waals surface area (Å²) in [5.74, 6) is -0.237. The van der Waals surface area contributed by atoms with Crippen LogP contribution >= 0.6 is 11.6 Å². The molecule has 0 heterocycles. The molecule has 9 nitrogen and oxygen atoms in total. The van der Waals surface area contributed by atoms with Gasteiger partial charge >= 0.3 is 5.97 Å². The average Bonchev–Trinajstić information content (AvgIpc) is 2.93. The Morgan fingerprint density at radius 2 is 1.63 bits per heavy atom. The van der Waals surface area contributed by atoms with Gasteiger partial charge in [0, 0.05) is 39.9 Å². The van der Waals surface area contributed by atoms with Crippen molar-refractivity contribution in [2.24, 2.45) is 0 Å². The fourth-order valence-corrected chi connectivity index (χ4v) is 4.25. The van der Waals surface area contributed by atoms with Gasteiger partial charge in [-0.2, -0.15) is 0 Å². The van der Waals surface area contributed by atoms with Crippen LogP contribution < -0.4 is 23.8 Å². The van der Waals surface area contributed by atoms with Crippen molar-refractivity contribution >= 4 is 29.2 Å². The van der Waals surface area contributed by atoms with E-state index in [9.17, 15) is 14.7 Å². The van der Waals surface area contributed by atoms with E-state index in [4.69, 9.17) is 35.7 Å². The lowest BCUT2D eigenvalue weighted by Gasteiger charge is -2.28. The molecule has 0 spiro atoms. The summed E-state index contributed by atoms with van der Waals surface area (Å²) in [7, 11) is 5.93. The molecule has 3 aromatic carbocycles. The monoisotopic (exact) mass is 541 g/mol. The van der Waals surface area contributed by atoms with E-state index in [2.05, 4.69) is 0 Å². The molecule has 0 saturated heterocycles. The summed E-state index contributed by atoms with van der Waals surface area (Å²) in [4.78, 5) is 25.8. The van der Waals surface area contributed by atoms with Crippen LogP contribution in [0.15, 0.2) is 66.7 Å². The zero-order chi connectivity index (χ0) is 27.8. The Morgan fingerprint density at radius 1 is 0.921 bits per heavy atom. The Bertz CT molecular complexity index is 1340. The van der Waals surface area contributed by atoms with Gasteiger partial charge in [0.05, 0.1) is 40.7 Å². The number of aliphatic carboxylic acids is 1. The molecule has 200 valence electrons. The van der Waals surface area contributed by atoms with Crippen LogP contribution in [0, 0.1) is 0 Å². The van der Waals surface area contributed by atoms with Crippen molar-refractivity contribution in [1.82, 2.24) is 0 Å². The molecule has 2 N–H and O–H groups in total. The lowest BCUT2D eigenvalue weighted by Crippen LogP contribution is -2.30. The fourth-order valence-electron chi connectivity index (χ4n) is 3.98. The molecule has 0 aliphatic heterocycles. The van der Waals surface area contributed by atoms with Crippen LogP contribution in [-0.2, 0) is 16.1 Å². The number of aliphatic hydroxyl groups is 1. The first-order valence-corrected chi connectivity index (χ1v) is 11.7. The van der Waals surface area contributed by atoms with Gasteiger partial charge in [0.15, 0.2) is 11.5 Å². The number of carboxylic acids is 1. The van der Waals surface area contributed by atoms with Gasteiger partial charge in [-0.05, 0) is 30.3 Å². The minimum Gasteiger partial charge on any atom is -0.497 e. The molecule has 1 unspecified atom stereocenters. The third-order valence-electron chi connectivity index (χ3n) is 5.78. The number of benzene rings is 3. The quantitative estimate of drug-likeness (QED) is 0.338. The zero-order valence-electron chi connectivity index (χ0n) is 21.3. The maximum atomic E-state index is 13.4. The number of carboxylic acid groups (broad SMARTS) is 1. The number of rotatable bonds is 11. The lowest BCUT2D eigenvalue weighted by atomic mass is 9.97. The minimum atomic E-state index is -1.33. The lowest BCUT2D eigenvalue weighted by molar-refractivity contribution is -0.131. The summed E-state index contributed by atoms with van der Waals surface area (Å²) in [5, 5.41) is 20.8. The summed E-state index contributed by atoms with van der Waals surface area (Å²) in [6.07, 6.45) is 0.341. The van der Waals surface area contributed by atoms with Crippen molar-refractivity contribution in [2.75, 3.05) is 33.3 Å². The third-order valence-corrected chi connectivity index (χ3v) is 6.11. The van der Waals surface area contributed by atoms with Gasteiger partial charge in [0.2, 0.25) is 0 Å². The van der Waals surface area contributed by atoms with Crippen LogP contribution in [0.2, 0.25) is 5.02 Å². The largest absolute Gasteiger partial charge is 0.497 e. The van der Waals surface area contributed by atoms with Gasteiger partial charge in [-0.3, -0.25) is 4.79 Å². The number of nitrogens with zero attached hydrogens (tertiary/aromatic N) is 1. The maximum Gasteiger partial charge on any atom is 0.328 e. The van der Waals surface area contributed by atoms with Crippen molar-refractivity contribution < 1.29 is 38.7 Å². The Morgan fingerprint density at radius 3 is 2.26 bits per heavy atom. The van der Waals surface area contributed by atoms with E-state index in [0.29, 0.717) is 34.1 Å². The summed E-state index contributed by atoms with van der Waals surface area (Å²) < 4.78 is 21.6. The fraction of sp³-hybridized carbons (Fsp3) is 0.214. The first-order chi connectivity index (χ1) is 18.2. The number of hydrogen-bond acceptors (Lipinski definition) is 7. The second-order valence-corrected chi connectivity index (χ2v) is 8.34. The second kappa shape index (κ2) is 12.8. The molecular weight excluding hydrogens is 514 g/mol. The predicted molar refractivity (Wildman–Crippen MR) is 143 cm³/mol. The number of methoxy groups -OCH3 is 4. The van der Waals surface area contributed by atoms with Crippen molar-refractivity contribution in [1.29, 1.82) is 0 Å². The van der Waals surface area contributed by atoms with Gasteiger partial charge in [-0.1, -0.05) is 29.8 Å². The molecule has 0 saturated carbocycles. The molecule has 0 aliphatic rings. The maximum absolute atomic E-state index is 13.4. The highest BCUT2D eigenvalue weighted by atomic mass is 35.5. The highest BCUT2D eigenvalue weighted by molar-refractivity contribution is 6.32. The van der Waals surface area contributed by atoms with Crippen molar-refractivity contribution in [3.05, 3.63) is 88.5 Å². The SMILES string of the molecule is COc1ccc(CN(C(=O)C=CC(=O)O)c2cccc(Cl)c2C(O)c2cccc(OC)c2OC)c(OC)c1. The molecule has 0 bridgehead atoms. The van der Waals surface area contributed by atoms with Crippen LogP contribution in [0.3, 0.4) is 0 Å². The van der Waals surface area contributed by atoms with E-state index in [1.54, 1.807) is 54.6 Å². The van der Waals surface area contributed by atoms with Crippen LogP contribution in [0.4, 0.5) is 5.69 Å². The first-order valence-electron chi connectivity index (χ1n) is 11.4. The van der Waals surface area contributed by atoms with Crippen LogP contribution in [0.5, 0.6) is 23.0 Å².